The van der Waals surface area contributed by atoms with Gasteiger partial charge in [0.15, 0.2) is 5.11 Å². The summed E-state index contributed by atoms with van der Waals surface area (Å²) in [5.74, 6) is -0.881. The van der Waals surface area contributed by atoms with Crippen LogP contribution in [0.1, 0.15) is 18.7 Å². The lowest BCUT2D eigenvalue weighted by Crippen LogP contribution is -2.48. The van der Waals surface area contributed by atoms with Crippen molar-refractivity contribution in [1.29, 1.82) is 0 Å². The van der Waals surface area contributed by atoms with Crippen molar-refractivity contribution < 1.29 is 13.9 Å². The molecule has 0 radical (unpaired) electrons. The van der Waals surface area contributed by atoms with Crippen LogP contribution in [-0.4, -0.2) is 33.2 Å². The van der Waals surface area contributed by atoms with E-state index in [-0.39, 0.29) is 5.82 Å². The highest BCUT2D eigenvalue weighted by molar-refractivity contribution is 7.80. The molecule has 1 N–H and O–H groups in total. The van der Waals surface area contributed by atoms with E-state index in [1.54, 1.807) is 30.2 Å². The van der Waals surface area contributed by atoms with Gasteiger partial charge in [-0.15, -0.1) is 0 Å². The average Bonchev–Trinajstić information content (AvgIpc) is 3.25. The van der Waals surface area contributed by atoms with E-state index in [1.165, 1.54) is 24.0 Å². The zero-order chi connectivity index (χ0) is 21.3. The van der Waals surface area contributed by atoms with E-state index < -0.39 is 12.0 Å². The summed E-state index contributed by atoms with van der Waals surface area (Å²) < 4.78 is 18.4. The molecule has 30 heavy (non-hydrogen) atoms. The highest BCUT2D eigenvalue weighted by Crippen LogP contribution is 2.33. The molecule has 0 saturated carbocycles. The summed E-state index contributed by atoms with van der Waals surface area (Å²) in [4.78, 5) is 15.8. The number of hydrogen-bond donors (Lipinski definition) is 1. The fourth-order valence-corrected chi connectivity index (χ4v) is 3.69. The maximum Gasteiger partial charge on any atom is 0.338 e. The number of carbonyl (C=O) groups excluding carboxylic acids is 1. The second kappa shape index (κ2) is 8.03. The van der Waals surface area contributed by atoms with Crippen LogP contribution in [0.25, 0.3) is 5.69 Å². The first-order valence-corrected chi connectivity index (χ1v) is 9.53. The monoisotopic (exact) mass is 423 g/mol. The maximum absolute atomic E-state index is 13.4. The fourth-order valence-electron chi connectivity index (χ4n) is 3.33. The molecule has 152 valence electrons. The number of anilines is 1. The molecule has 2 heterocycles. The number of benzene rings is 2. The summed E-state index contributed by atoms with van der Waals surface area (Å²) in [7, 11) is 1.32. The topological polar surface area (TPSA) is 72.3 Å². The van der Waals surface area contributed by atoms with Gasteiger partial charge in [0.1, 0.15) is 17.6 Å². The number of carbonyl (C=O) groups is 1. The summed E-state index contributed by atoms with van der Waals surface area (Å²) >= 11 is 5.55. The molecule has 0 unspecified atom stereocenters. The summed E-state index contributed by atoms with van der Waals surface area (Å²) in [6.45, 7) is 1.76. The van der Waals surface area contributed by atoms with Crippen LogP contribution in [0.5, 0.6) is 0 Å². The number of thiocarbonyl (C=S) groups is 1. The van der Waals surface area contributed by atoms with Gasteiger partial charge in [0.25, 0.3) is 0 Å². The maximum atomic E-state index is 13.4. The second-order valence-electron chi connectivity index (χ2n) is 6.58. The van der Waals surface area contributed by atoms with E-state index in [1.807, 2.05) is 30.3 Å². The van der Waals surface area contributed by atoms with Crippen molar-refractivity contribution in [3.05, 3.63) is 83.6 Å². The molecule has 4 rings (SSSR count). The van der Waals surface area contributed by atoms with E-state index in [0.29, 0.717) is 27.8 Å². The van der Waals surface area contributed by atoms with Gasteiger partial charge in [0.05, 0.1) is 24.6 Å². The average molecular weight is 423 g/mol. The van der Waals surface area contributed by atoms with Crippen molar-refractivity contribution in [3.8, 4) is 5.69 Å². The van der Waals surface area contributed by atoms with Crippen LogP contribution in [0.4, 0.5) is 10.1 Å². The molecule has 2 aromatic carbocycles. The van der Waals surface area contributed by atoms with E-state index >= 15 is 0 Å². The molecule has 1 aliphatic rings. The Balaban J connectivity index is 1.77. The van der Waals surface area contributed by atoms with Gasteiger partial charge in [-0.25, -0.2) is 9.18 Å². The summed E-state index contributed by atoms with van der Waals surface area (Å²) in [5.41, 5.74) is 2.83. The Bertz CT molecular complexity index is 1130. The minimum atomic E-state index is -0.640. The first-order chi connectivity index (χ1) is 14.5. The third-order valence-corrected chi connectivity index (χ3v) is 5.07. The number of para-hydroxylation sites is 1. The molecular weight excluding hydrogens is 405 g/mol. The van der Waals surface area contributed by atoms with Crippen molar-refractivity contribution in [3.63, 3.8) is 0 Å². The lowest BCUT2D eigenvalue weighted by atomic mass is 9.99. The van der Waals surface area contributed by atoms with Crippen LogP contribution >= 0.6 is 12.2 Å². The molecule has 0 amide bonds. The zero-order valence-electron chi connectivity index (χ0n) is 16.2. The van der Waals surface area contributed by atoms with Crippen molar-refractivity contribution >= 4 is 29.0 Å². The van der Waals surface area contributed by atoms with Gasteiger partial charge in [-0.3, -0.25) is 4.90 Å². The third-order valence-electron chi connectivity index (χ3n) is 4.77. The number of aromatic nitrogens is 3. The molecule has 0 saturated heterocycles. The molecule has 3 aromatic rings. The van der Waals surface area contributed by atoms with Crippen molar-refractivity contribution in [2.75, 3.05) is 12.0 Å². The smallest absolute Gasteiger partial charge is 0.338 e. The first-order valence-electron chi connectivity index (χ1n) is 9.12. The lowest BCUT2D eigenvalue weighted by molar-refractivity contribution is -0.136. The van der Waals surface area contributed by atoms with Gasteiger partial charge in [-0.1, -0.05) is 18.2 Å². The molecule has 9 heteroatoms. The number of allylic oxidation sites excluding steroid dienone is 1. The highest BCUT2D eigenvalue weighted by Gasteiger charge is 2.36. The Morgan fingerprint density at radius 2 is 1.83 bits per heavy atom. The Kier molecular flexibility index (Phi) is 5.28. The van der Waals surface area contributed by atoms with E-state index in [0.717, 1.165) is 5.69 Å². The molecule has 1 atom stereocenters. The van der Waals surface area contributed by atoms with Gasteiger partial charge in [0, 0.05) is 11.4 Å². The lowest BCUT2D eigenvalue weighted by Gasteiger charge is -2.36. The Morgan fingerprint density at radius 1 is 1.13 bits per heavy atom. The summed E-state index contributed by atoms with van der Waals surface area (Å²) in [6.07, 6.45) is 1.58. The van der Waals surface area contributed by atoms with Crippen molar-refractivity contribution in [1.82, 2.24) is 20.3 Å². The second-order valence-corrected chi connectivity index (χ2v) is 6.97. The predicted molar refractivity (Wildman–Crippen MR) is 113 cm³/mol. The fraction of sp³-hybridized carbons (Fsp3) is 0.143. The quantitative estimate of drug-likeness (QED) is 0.510. The molecule has 0 bridgehead atoms. The third kappa shape index (κ3) is 3.55. The molecule has 7 nitrogen and oxygen atoms in total. The Morgan fingerprint density at radius 3 is 2.50 bits per heavy atom. The largest absolute Gasteiger partial charge is 0.466 e. The molecule has 0 fully saturated rings. The van der Waals surface area contributed by atoms with E-state index in [4.69, 9.17) is 17.0 Å². The summed E-state index contributed by atoms with van der Waals surface area (Å²) in [6, 6.07) is 14.6. The van der Waals surface area contributed by atoms with Gasteiger partial charge in [0.2, 0.25) is 0 Å². The molecule has 0 aliphatic carbocycles. The van der Waals surface area contributed by atoms with Crippen LogP contribution in [0.2, 0.25) is 0 Å². The van der Waals surface area contributed by atoms with E-state index in [9.17, 15) is 9.18 Å². The SMILES string of the molecule is COC(=O)C1=C(C)N(c2ccc(F)cc2)C(=S)N[C@@H]1c1cnn(-c2ccccc2)n1. The Labute approximate surface area is 177 Å². The number of hydrogen-bond acceptors (Lipinski definition) is 5. The minimum Gasteiger partial charge on any atom is -0.466 e. The number of rotatable bonds is 4. The normalized spacial score (nSPS) is 16.4. The molecule has 1 aliphatic heterocycles. The predicted octanol–water partition coefficient (Wildman–Crippen LogP) is 3.29. The molecule has 1 aromatic heterocycles. The van der Waals surface area contributed by atoms with Gasteiger partial charge < -0.3 is 10.1 Å². The first kappa shape index (κ1) is 19.7. The van der Waals surface area contributed by atoms with Crippen LogP contribution in [-0.2, 0) is 9.53 Å². The number of nitrogens with zero attached hydrogens (tertiary/aromatic N) is 4. The summed E-state index contributed by atoms with van der Waals surface area (Å²) in [5, 5.41) is 12.3. The van der Waals surface area contributed by atoms with Crippen LogP contribution in [0.3, 0.4) is 0 Å². The number of esters is 1. The minimum absolute atomic E-state index is 0.343. The highest BCUT2D eigenvalue weighted by atomic mass is 32.1. The van der Waals surface area contributed by atoms with Gasteiger partial charge in [-0.05, 0) is 55.5 Å². The van der Waals surface area contributed by atoms with E-state index in [2.05, 4.69) is 15.5 Å². The number of nitrogens with one attached hydrogen (secondary N) is 1. The number of ether oxygens (including phenoxy) is 1. The van der Waals surface area contributed by atoms with Crippen molar-refractivity contribution in [2.45, 2.75) is 13.0 Å². The van der Waals surface area contributed by atoms with Gasteiger partial charge in [-0.2, -0.15) is 15.0 Å². The van der Waals surface area contributed by atoms with Crippen LogP contribution < -0.4 is 10.2 Å². The standard InChI is InChI=1S/C21H18FN5O2S/c1-13-18(20(28)29-2)19(17-12-23-27(25-17)16-6-4-3-5-7-16)24-21(30)26(13)15-10-8-14(22)9-11-15/h3-12,19H,1-2H3,(H,24,30)/t19-/m1/s1. The van der Waals surface area contributed by atoms with Gasteiger partial charge >= 0.3 is 5.97 Å². The molecule has 0 spiro atoms. The van der Waals surface area contributed by atoms with Crippen LogP contribution in [0, 0.1) is 5.82 Å². The van der Waals surface area contributed by atoms with Crippen molar-refractivity contribution in [2.24, 2.45) is 0 Å². The number of halogens is 1. The zero-order valence-corrected chi connectivity index (χ0v) is 17.1. The number of methoxy groups -OCH3 is 1. The Hall–Kier alpha value is -3.59. The van der Waals surface area contributed by atoms with Crippen LogP contribution in [0.15, 0.2) is 72.1 Å². The molecular formula is C21H18FN5O2S.